The number of hydrogen-bond acceptors (Lipinski definition) is 7. The number of nitrogens with two attached hydrogens (primary N) is 1. The molecule has 0 atom stereocenters. The second kappa shape index (κ2) is 11.2. The highest BCUT2D eigenvalue weighted by atomic mass is 16.5. The van der Waals surface area contributed by atoms with Crippen LogP contribution >= 0.6 is 0 Å². The minimum atomic E-state index is -0.215. The van der Waals surface area contributed by atoms with E-state index in [4.69, 9.17) is 20.4 Å². The molecule has 1 aliphatic carbocycles. The summed E-state index contributed by atoms with van der Waals surface area (Å²) in [7, 11) is 3.51. The summed E-state index contributed by atoms with van der Waals surface area (Å²) in [5, 5.41) is 0. The van der Waals surface area contributed by atoms with Gasteiger partial charge in [-0.2, -0.15) is 0 Å². The van der Waals surface area contributed by atoms with Crippen molar-refractivity contribution < 1.29 is 4.74 Å². The maximum Gasteiger partial charge on any atom is 0.165 e. The van der Waals surface area contributed by atoms with Crippen molar-refractivity contribution in [3.05, 3.63) is 78.1 Å². The van der Waals surface area contributed by atoms with E-state index in [1.165, 1.54) is 17.7 Å². The highest BCUT2D eigenvalue weighted by Crippen LogP contribution is 2.39. The number of morpholine rings is 1. The molecule has 2 aromatic heterocycles. The highest BCUT2D eigenvalue weighted by Gasteiger charge is 2.34. The van der Waals surface area contributed by atoms with Gasteiger partial charge in [0.25, 0.3) is 0 Å². The lowest BCUT2D eigenvalue weighted by Crippen LogP contribution is -2.43. The smallest absolute Gasteiger partial charge is 0.165 e. The Balaban J connectivity index is 1.48. The molecule has 0 radical (unpaired) electrons. The van der Waals surface area contributed by atoms with Gasteiger partial charge < -0.3 is 15.4 Å². The summed E-state index contributed by atoms with van der Waals surface area (Å²) in [6, 6.07) is 21.2. The van der Waals surface area contributed by atoms with E-state index in [-0.39, 0.29) is 5.54 Å². The Morgan fingerprint density at radius 3 is 2.45 bits per heavy atom. The van der Waals surface area contributed by atoms with Gasteiger partial charge in [-0.25, -0.2) is 9.97 Å². The molecule has 2 aliphatic rings. The molecule has 6 rings (SSSR count). The van der Waals surface area contributed by atoms with Gasteiger partial charge in [0.15, 0.2) is 5.65 Å². The molecule has 1 saturated carbocycles. The Morgan fingerprint density at radius 2 is 1.75 bits per heavy atom. The molecule has 40 heavy (non-hydrogen) atoms. The quantitative estimate of drug-likeness (QED) is 0.336. The lowest BCUT2D eigenvalue weighted by molar-refractivity contribution is 0.122. The molecule has 1 saturated heterocycles. The fourth-order valence-corrected chi connectivity index (χ4v) is 5.50. The van der Waals surface area contributed by atoms with Crippen LogP contribution in [0.5, 0.6) is 0 Å². The number of pyridine rings is 1. The summed E-state index contributed by atoms with van der Waals surface area (Å²) < 4.78 is 7.65. The molecule has 0 unspecified atom stereocenters. The van der Waals surface area contributed by atoms with Crippen LogP contribution in [0, 0.1) is 0 Å². The van der Waals surface area contributed by atoms with Crippen LogP contribution < -0.4 is 10.6 Å². The minimum Gasteiger partial charge on any atom is -0.378 e. The molecule has 2 fully saturated rings. The zero-order valence-electron chi connectivity index (χ0n) is 23.1. The summed E-state index contributed by atoms with van der Waals surface area (Å²) >= 11 is 0. The lowest BCUT2D eigenvalue weighted by atomic mass is 9.73. The van der Waals surface area contributed by atoms with Gasteiger partial charge in [-0.15, -0.1) is 0 Å². The van der Waals surface area contributed by atoms with E-state index in [1.54, 1.807) is 20.3 Å². The molecule has 4 aromatic rings. The predicted octanol–water partition coefficient (Wildman–Crippen LogP) is 5.05. The van der Waals surface area contributed by atoms with Crippen LogP contribution in [0.15, 0.2) is 76.7 Å². The number of allylic oxidation sites excluding steroid dienone is 2. The van der Waals surface area contributed by atoms with Gasteiger partial charge in [0, 0.05) is 67.7 Å². The molecule has 0 bridgehead atoms. The Bertz CT molecular complexity index is 1590. The standard InChI is InChI=1S/C32H35N7O/c1-34-16-13-24(22-35-2)30-37-29-12-11-28(23-5-3-6-27(21-23)38-17-19-40-20-18-38)36-31(29)39(30)26-9-7-25(8-10-26)32(33)14-4-15-32/h3,5-13,16,21-22H,4,14-15,17-20,33H2,1-2H3/b24-13+,34-16?,35-22?. The van der Waals surface area contributed by atoms with Crippen LogP contribution in [0.3, 0.4) is 0 Å². The van der Waals surface area contributed by atoms with Crippen LogP contribution in [-0.2, 0) is 10.3 Å². The summed E-state index contributed by atoms with van der Waals surface area (Å²) in [6.45, 7) is 3.28. The molecule has 0 spiro atoms. The Kier molecular flexibility index (Phi) is 7.28. The number of rotatable bonds is 7. The van der Waals surface area contributed by atoms with Crippen LogP contribution in [0.25, 0.3) is 33.7 Å². The van der Waals surface area contributed by atoms with E-state index in [2.05, 4.69) is 68.0 Å². The fraction of sp³-hybridized carbons (Fsp3) is 0.312. The number of anilines is 1. The Labute approximate surface area is 234 Å². The van der Waals surface area contributed by atoms with Gasteiger partial charge in [-0.05, 0) is 67.3 Å². The van der Waals surface area contributed by atoms with Crippen molar-refractivity contribution in [2.45, 2.75) is 24.8 Å². The van der Waals surface area contributed by atoms with Gasteiger partial charge in [0.1, 0.15) is 11.3 Å². The molecule has 8 heteroatoms. The first kappa shape index (κ1) is 26.1. The first-order valence-corrected chi connectivity index (χ1v) is 13.9. The van der Waals surface area contributed by atoms with E-state index < -0.39 is 0 Å². The molecule has 2 aromatic carbocycles. The molecule has 3 heterocycles. The third kappa shape index (κ3) is 4.96. The topological polar surface area (TPSA) is 93.9 Å². The van der Waals surface area contributed by atoms with Crippen molar-refractivity contribution in [1.82, 2.24) is 14.5 Å². The second-order valence-electron chi connectivity index (χ2n) is 10.4. The highest BCUT2D eigenvalue weighted by molar-refractivity contribution is 6.13. The van der Waals surface area contributed by atoms with Crippen molar-refractivity contribution in [2.24, 2.45) is 15.7 Å². The zero-order chi connectivity index (χ0) is 27.5. The summed E-state index contributed by atoms with van der Waals surface area (Å²) in [5.41, 5.74) is 14.1. The minimum absolute atomic E-state index is 0.215. The first-order valence-electron chi connectivity index (χ1n) is 13.9. The number of imidazole rings is 1. The number of hydrogen-bond donors (Lipinski definition) is 1. The fourth-order valence-electron chi connectivity index (χ4n) is 5.50. The molecular formula is C32H35N7O. The van der Waals surface area contributed by atoms with Crippen LogP contribution in [-0.4, -0.2) is 67.4 Å². The largest absolute Gasteiger partial charge is 0.378 e. The monoisotopic (exact) mass is 533 g/mol. The molecule has 2 N–H and O–H groups in total. The maximum atomic E-state index is 6.62. The van der Waals surface area contributed by atoms with E-state index in [0.717, 1.165) is 78.7 Å². The van der Waals surface area contributed by atoms with Crippen molar-refractivity contribution in [3.8, 4) is 16.9 Å². The summed E-state index contributed by atoms with van der Waals surface area (Å²) in [4.78, 5) is 21.0. The Morgan fingerprint density at radius 1 is 0.950 bits per heavy atom. The van der Waals surface area contributed by atoms with Crippen molar-refractivity contribution >= 4 is 34.9 Å². The second-order valence-corrected chi connectivity index (χ2v) is 10.4. The van der Waals surface area contributed by atoms with Crippen molar-refractivity contribution in [1.29, 1.82) is 0 Å². The maximum absolute atomic E-state index is 6.62. The summed E-state index contributed by atoms with van der Waals surface area (Å²) in [6.07, 6.45) is 8.72. The van der Waals surface area contributed by atoms with Crippen LogP contribution in [0.1, 0.15) is 30.7 Å². The molecule has 0 amide bonds. The van der Waals surface area contributed by atoms with Crippen LogP contribution in [0.4, 0.5) is 5.69 Å². The number of ether oxygens (including phenoxy) is 1. The average molecular weight is 534 g/mol. The van der Waals surface area contributed by atoms with Gasteiger partial charge in [0.2, 0.25) is 0 Å². The first-order chi connectivity index (χ1) is 19.6. The normalized spacial score (nSPS) is 17.7. The number of fused-ring (bicyclic) bond motifs is 1. The SMILES string of the molecule is CN=C/C=C(\C=NC)c1nc2ccc(-c3cccc(N4CCOCC4)c3)nc2n1-c1ccc(C2(N)CCC2)cc1. The number of benzene rings is 2. The summed E-state index contributed by atoms with van der Waals surface area (Å²) in [5.74, 6) is 0.756. The molecular weight excluding hydrogens is 498 g/mol. The van der Waals surface area contributed by atoms with Gasteiger partial charge in [-0.3, -0.25) is 14.6 Å². The number of nitrogens with zero attached hydrogens (tertiary/aromatic N) is 6. The number of aliphatic imine (C=N–C) groups is 2. The zero-order valence-corrected chi connectivity index (χ0v) is 23.1. The van der Waals surface area contributed by atoms with Gasteiger partial charge >= 0.3 is 0 Å². The lowest BCUT2D eigenvalue weighted by Gasteiger charge is -2.38. The molecule has 1 aliphatic heterocycles. The van der Waals surface area contributed by atoms with E-state index in [9.17, 15) is 0 Å². The van der Waals surface area contributed by atoms with Crippen molar-refractivity contribution in [3.63, 3.8) is 0 Å². The third-order valence-corrected chi connectivity index (χ3v) is 7.90. The van der Waals surface area contributed by atoms with E-state index in [0.29, 0.717) is 0 Å². The predicted molar refractivity (Wildman–Crippen MR) is 164 cm³/mol. The number of aromatic nitrogens is 3. The third-order valence-electron chi connectivity index (χ3n) is 7.90. The molecule has 204 valence electrons. The van der Waals surface area contributed by atoms with Gasteiger partial charge in [-0.1, -0.05) is 24.3 Å². The van der Waals surface area contributed by atoms with Gasteiger partial charge in [0.05, 0.1) is 18.9 Å². The average Bonchev–Trinajstić information content (AvgIpc) is 3.37. The van der Waals surface area contributed by atoms with Crippen molar-refractivity contribution in [2.75, 3.05) is 45.3 Å². The van der Waals surface area contributed by atoms with Crippen LogP contribution in [0.2, 0.25) is 0 Å². The molecule has 8 nitrogen and oxygen atoms in total. The Hall–Kier alpha value is -4.14. The van der Waals surface area contributed by atoms with E-state index in [1.807, 2.05) is 24.4 Å². The van der Waals surface area contributed by atoms with E-state index >= 15 is 0 Å².